The summed E-state index contributed by atoms with van der Waals surface area (Å²) < 4.78 is 12.2. The molecule has 3 amide bonds. The first-order chi connectivity index (χ1) is 23.8. The molecule has 0 unspecified atom stereocenters. The van der Waals surface area contributed by atoms with Crippen LogP contribution in [0.1, 0.15) is 51.6 Å². The lowest BCUT2D eigenvalue weighted by Gasteiger charge is -2.38. The van der Waals surface area contributed by atoms with Gasteiger partial charge in [-0.05, 0) is 56.5 Å². The minimum absolute atomic E-state index is 0.0803. The molecular weight excluding hydrogens is 624 g/mol. The highest BCUT2D eigenvalue weighted by Gasteiger charge is 2.73. The van der Waals surface area contributed by atoms with Crippen molar-refractivity contribution in [1.82, 2.24) is 10.2 Å². The number of hydrogen-bond acceptors (Lipinski definition) is 8. The molecule has 2 fully saturated rings. The second kappa shape index (κ2) is 14.6. The van der Waals surface area contributed by atoms with Gasteiger partial charge in [-0.25, -0.2) is 0 Å². The van der Waals surface area contributed by atoms with Crippen molar-refractivity contribution >= 4 is 35.1 Å². The molecule has 49 heavy (non-hydrogen) atoms. The second-order valence-electron chi connectivity index (χ2n) is 13.0. The van der Waals surface area contributed by atoms with E-state index >= 15 is 4.79 Å². The summed E-state index contributed by atoms with van der Waals surface area (Å²) in [5.74, 6) is -3.54. The van der Waals surface area contributed by atoms with Gasteiger partial charge in [-0.1, -0.05) is 61.6 Å². The summed E-state index contributed by atoms with van der Waals surface area (Å²) in [6.07, 6.45) is 7.41. The number of nitrogens with zero attached hydrogens (tertiary/aromatic N) is 3. The van der Waals surface area contributed by atoms with E-state index in [2.05, 4.69) is 24.1 Å². The molecule has 11 heteroatoms. The van der Waals surface area contributed by atoms with Gasteiger partial charge in [-0.3, -0.25) is 19.2 Å². The number of allylic oxidation sites excluding steroid dienone is 1. The maximum atomic E-state index is 15.0. The van der Waals surface area contributed by atoms with Gasteiger partial charge in [0.15, 0.2) is 0 Å². The molecule has 6 rings (SSSR count). The number of nitrogens with one attached hydrogen (secondary N) is 1. The Kier molecular flexibility index (Phi) is 10.2. The molecule has 2 aromatic rings. The summed E-state index contributed by atoms with van der Waals surface area (Å²) in [6.45, 7) is 7.43. The van der Waals surface area contributed by atoms with Crippen LogP contribution in [0.3, 0.4) is 0 Å². The molecule has 260 valence electrons. The van der Waals surface area contributed by atoms with Crippen LogP contribution in [0.5, 0.6) is 0 Å². The number of hydrogen-bond donors (Lipinski definition) is 2. The Hall–Kier alpha value is -4.48. The minimum atomic E-state index is -1.41. The van der Waals surface area contributed by atoms with E-state index in [1.54, 1.807) is 17.1 Å². The summed E-state index contributed by atoms with van der Waals surface area (Å²) >= 11 is 0. The zero-order valence-corrected chi connectivity index (χ0v) is 28.4. The monoisotopic (exact) mass is 670 g/mol. The van der Waals surface area contributed by atoms with E-state index in [1.807, 2.05) is 73.7 Å². The first-order valence-corrected chi connectivity index (χ1v) is 17.4. The van der Waals surface area contributed by atoms with E-state index in [0.717, 1.165) is 24.3 Å². The van der Waals surface area contributed by atoms with E-state index < -0.39 is 59.5 Å². The number of esters is 1. The van der Waals surface area contributed by atoms with Crippen molar-refractivity contribution in [3.63, 3.8) is 0 Å². The van der Waals surface area contributed by atoms with Crippen LogP contribution in [0, 0.1) is 11.8 Å². The van der Waals surface area contributed by atoms with Crippen LogP contribution in [-0.4, -0.2) is 90.3 Å². The van der Waals surface area contributed by atoms with Crippen molar-refractivity contribution in [2.75, 3.05) is 42.6 Å². The van der Waals surface area contributed by atoms with E-state index in [-0.39, 0.29) is 32.1 Å². The summed E-state index contributed by atoms with van der Waals surface area (Å²) in [6, 6.07) is 14.5. The number of amides is 3. The fourth-order valence-corrected chi connectivity index (χ4v) is 7.82. The topological polar surface area (TPSA) is 129 Å². The van der Waals surface area contributed by atoms with Gasteiger partial charge < -0.3 is 34.6 Å². The molecular formula is C38H46N4O7. The Morgan fingerprint density at radius 2 is 1.71 bits per heavy atom. The number of cyclic esters (lactones) is 1. The number of aliphatic hydroxyl groups is 1. The van der Waals surface area contributed by atoms with Gasteiger partial charge >= 0.3 is 5.97 Å². The highest BCUT2D eigenvalue weighted by atomic mass is 16.5. The molecule has 2 saturated heterocycles. The zero-order valence-electron chi connectivity index (χ0n) is 28.4. The average Bonchev–Trinajstić information content (AvgIpc) is 3.77. The minimum Gasteiger partial charge on any atom is -0.463 e. The van der Waals surface area contributed by atoms with Gasteiger partial charge in [0.05, 0.1) is 36.6 Å². The third-order valence-corrected chi connectivity index (χ3v) is 10.4. The zero-order chi connectivity index (χ0) is 34.7. The molecule has 1 spiro atoms. The number of rotatable bonds is 8. The standard InChI is InChI=1S/C38H46N4O7/c1-4-26(23-43)42-34-37(47)41(28-18-16-27(17-19-28)40(5-2)6-3)22-12-8-11-15-31(44)48-24-29(25-13-9-7-10-14-25)39-35(45)32-30-20-21-38(34,49-30)33(32)36(42)46/h7-10,12-14,16-21,26,29-30,32-34,43H,4-6,11,15,22-24H2,1-3H3,(H,39,45)/b12-8-/t26-,29-,30-,32+,33+,34-,38+/m0/s1. The molecule has 4 aliphatic rings. The van der Waals surface area contributed by atoms with Crippen molar-refractivity contribution < 1.29 is 33.8 Å². The Balaban J connectivity index is 1.43. The van der Waals surface area contributed by atoms with E-state index in [0.29, 0.717) is 18.5 Å². The summed E-state index contributed by atoms with van der Waals surface area (Å²) in [7, 11) is 0. The van der Waals surface area contributed by atoms with Crippen LogP contribution in [0.4, 0.5) is 11.4 Å². The molecule has 0 aliphatic carbocycles. The highest BCUT2D eigenvalue weighted by Crippen LogP contribution is 2.56. The first-order valence-electron chi connectivity index (χ1n) is 17.4. The normalized spacial score (nSPS) is 29.8. The van der Waals surface area contributed by atoms with Crippen molar-refractivity contribution in [2.45, 2.75) is 69.9 Å². The summed E-state index contributed by atoms with van der Waals surface area (Å²) in [5, 5.41) is 13.5. The maximum absolute atomic E-state index is 15.0. The predicted octanol–water partition coefficient (Wildman–Crippen LogP) is 3.54. The quantitative estimate of drug-likeness (QED) is 0.323. The molecule has 5 bridgehead atoms. The number of fused-ring (bicyclic) bond motifs is 2. The van der Waals surface area contributed by atoms with E-state index in [4.69, 9.17) is 9.47 Å². The van der Waals surface area contributed by atoms with Crippen LogP contribution < -0.4 is 15.1 Å². The number of carbonyl (C=O) groups excluding carboxylic acids is 4. The van der Waals surface area contributed by atoms with Crippen LogP contribution in [-0.2, 0) is 28.7 Å². The van der Waals surface area contributed by atoms with Crippen molar-refractivity contribution in [2.24, 2.45) is 11.8 Å². The van der Waals surface area contributed by atoms with Gasteiger partial charge in [0, 0.05) is 37.4 Å². The number of anilines is 2. The molecule has 2 N–H and O–H groups in total. The lowest BCUT2D eigenvalue weighted by molar-refractivity contribution is -0.146. The fraction of sp³-hybridized carbons (Fsp3) is 0.474. The van der Waals surface area contributed by atoms with Crippen LogP contribution in [0.2, 0.25) is 0 Å². The lowest BCUT2D eigenvalue weighted by atomic mass is 9.74. The summed E-state index contributed by atoms with van der Waals surface area (Å²) in [4.78, 5) is 61.9. The Morgan fingerprint density at radius 1 is 0.980 bits per heavy atom. The number of likely N-dealkylation sites (tertiary alicyclic amines) is 1. The van der Waals surface area contributed by atoms with Crippen LogP contribution in [0.25, 0.3) is 0 Å². The second-order valence-corrected chi connectivity index (χ2v) is 13.0. The van der Waals surface area contributed by atoms with Gasteiger partial charge in [-0.2, -0.15) is 0 Å². The lowest BCUT2D eigenvalue weighted by Crippen LogP contribution is -2.58. The molecule has 4 aliphatic heterocycles. The van der Waals surface area contributed by atoms with Gasteiger partial charge in [0.25, 0.3) is 5.91 Å². The average molecular weight is 671 g/mol. The Morgan fingerprint density at radius 3 is 2.39 bits per heavy atom. The van der Waals surface area contributed by atoms with Gasteiger partial charge in [0.1, 0.15) is 18.2 Å². The molecule has 4 heterocycles. The molecule has 0 aromatic heterocycles. The number of ether oxygens (including phenoxy) is 2. The van der Waals surface area contributed by atoms with E-state index in [1.165, 1.54) is 4.90 Å². The van der Waals surface area contributed by atoms with Crippen molar-refractivity contribution in [3.05, 3.63) is 84.5 Å². The molecule has 2 aromatic carbocycles. The van der Waals surface area contributed by atoms with Crippen molar-refractivity contribution in [3.8, 4) is 0 Å². The Labute approximate surface area is 287 Å². The van der Waals surface area contributed by atoms with Crippen LogP contribution >= 0.6 is 0 Å². The molecule has 11 nitrogen and oxygen atoms in total. The number of aliphatic hydroxyl groups excluding tert-OH is 1. The molecule has 7 atom stereocenters. The third kappa shape index (κ3) is 6.25. The summed E-state index contributed by atoms with van der Waals surface area (Å²) in [5.41, 5.74) is 0.988. The predicted molar refractivity (Wildman–Crippen MR) is 185 cm³/mol. The van der Waals surface area contributed by atoms with Crippen LogP contribution in [0.15, 0.2) is 78.9 Å². The van der Waals surface area contributed by atoms with Crippen molar-refractivity contribution in [1.29, 1.82) is 0 Å². The molecule has 0 saturated carbocycles. The highest BCUT2D eigenvalue weighted by molar-refractivity contribution is 6.05. The largest absolute Gasteiger partial charge is 0.463 e. The first kappa shape index (κ1) is 34.4. The SMILES string of the molecule is CC[C@@H](CO)N1C(=O)[C@H]2[C@@H]3C(=O)N[C@H](c4ccccc4)COC(=O)CC/C=C\CN(c4ccc(N(CC)CC)cc4)C(=O)[C@H]1[C@@]21C=C[C@@H]3O1. The fourth-order valence-electron chi connectivity index (χ4n) is 7.82. The molecule has 0 radical (unpaired) electrons. The maximum Gasteiger partial charge on any atom is 0.306 e. The number of carbonyl (C=O) groups is 4. The van der Waals surface area contributed by atoms with Gasteiger partial charge in [0.2, 0.25) is 11.8 Å². The third-order valence-electron chi connectivity index (χ3n) is 10.4. The smallest absolute Gasteiger partial charge is 0.306 e. The number of benzene rings is 2. The van der Waals surface area contributed by atoms with Gasteiger partial charge in [-0.15, -0.1) is 0 Å². The Bertz CT molecular complexity index is 1590. The van der Waals surface area contributed by atoms with E-state index in [9.17, 15) is 19.5 Å².